The molecule has 0 radical (unpaired) electrons. The molecule has 3 aromatic rings. The van der Waals surface area contributed by atoms with Gasteiger partial charge in [-0.15, -0.1) is 24.0 Å². The van der Waals surface area contributed by atoms with Crippen molar-refractivity contribution in [1.29, 1.82) is 0 Å². The highest BCUT2D eigenvalue weighted by atomic mass is 127. The van der Waals surface area contributed by atoms with Gasteiger partial charge in [0.05, 0.1) is 13.2 Å². The maximum absolute atomic E-state index is 5.74. The smallest absolute Gasteiger partial charge is 0.191 e. The Kier molecular flexibility index (Phi) is 11.7. The third-order valence-electron chi connectivity index (χ3n) is 4.82. The van der Waals surface area contributed by atoms with Crippen LogP contribution < -0.4 is 10.6 Å². The van der Waals surface area contributed by atoms with Crippen LogP contribution in [0.15, 0.2) is 78.0 Å². The molecular formula is C24H32IN5O. The minimum absolute atomic E-state index is 0. The number of aromatic nitrogens is 2. The number of halogens is 1. The fourth-order valence-corrected chi connectivity index (χ4v) is 3.17. The summed E-state index contributed by atoms with van der Waals surface area (Å²) >= 11 is 0. The van der Waals surface area contributed by atoms with Crippen LogP contribution in [0, 0.1) is 0 Å². The average Bonchev–Trinajstić information content (AvgIpc) is 3.30. The summed E-state index contributed by atoms with van der Waals surface area (Å²) < 4.78 is 7.67. The van der Waals surface area contributed by atoms with Crippen molar-refractivity contribution in [3.8, 4) is 0 Å². The van der Waals surface area contributed by atoms with Gasteiger partial charge in [0, 0.05) is 39.1 Å². The summed E-state index contributed by atoms with van der Waals surface area (Å²) in [4.78, 5) is 4.32. The monoisotopic (exact) mass is 533 g/mol. The number of hydrogen-bond acceptors (Lipinski definition) is 3. The number of rotatable bonds is 11. The van der Waals surface area contributed by atoms with Crippen molar-refractivity contribution in [3.05, 3.63) is 89.7 Å². The van der Waals surface area contributed by atoms with Crippen molar-refractivity contribution in [2.45, 2.75) is 25.9 Å². The van der Waals surface area contributed by atoms with Gasteiger partial charge < -0.3 is 15.4 Å². The molecule has 0 unspecified atom stereocenters. The third kappa shape index (κ3) is 9.10. The van der Waals surface area contributed by atoms with Crippen LogP contribution in [0.2, 0.25) is 0 Å². The number of guanidine groups is 1. The van der Waals surface area contributed by atoms with Gasteiger partial charge in [-0.3, -0.25) is 9.67 Å². The van der Waals surface area contributed by atoms with Crippen LogP contribution in [-0.2, 0) is 24.2 Å². The highest BCUT2D eigenvalue weighted by Gasteiger charge is 2.04. The number of nitrogens with one attached hydrogen (secondary N) is 2. The molecule has 7 heteroatoms. The second kappa shape index (κ2) is 14.6. The Morgan fingerprint density at radius 2 is 1.74 bits per heavy atom. The van der Waals surface area contributed by atoms with Crippen molar-refractivity contribution in [2.75, 3.05) is 26.8 Å². The van der Waals surface area contributed by atoms with Crippen molar-refractivity contribution in [2.24, 2.45) is 4.99 Å². The summed E-state index contributed by atoms with van der Waals surface area (Å²) in [5.74, 6) is 0.799. The number of ether oxygens (including phenoxy) is 1. The second-order valence-electron chi connectivity index (χ2n) is 7.03. The quantitative estimate of drug-likeness (QED) is 0.170. The standard InChI is InChI=1S/C24H31N5O.HI/c1-25-24(26-14-8-17-30-18-13-21-9-3-2-4-10-21)27-19-22-11-5-6-12-23(22)20-29-16-7-15-28-29;/h2-7,9-12,15-16H,8,13-14,17-20H2,1H3,(H2,25,26,27);1H. The van der Waals surface area contributed by atoms with E-state index in [1.54, 1.807) is 13.2 Å². The lowest BCUT2D eigenvalue weighted by molar-refractivity contribution is 0.135. The van der Waals surface area contributed by atoms with Gasteiger partial charge in [0.25, 0.3) is 0 Å². The molecule has 0 spiro atoms. The molecule has 0 aliphatic carbocycles. The van der Waals surface area contributed by atoms with E-state index in [2.05, 4.69) is 69.3 Å². The first-order valence-electron chi connectivity index (χ1n) is 10.5. The lowest BCUT2D eigenvalue weighted by Crippen LogP contribution is -2.37. The number of aliphatic imine (C=N–C) groups is 1. The molecule has 1 aromatic heterocycles. The summed E-state index contributed by atoms with van der Waals surface area (Å²) in [7, 11) is 1.79. The van der Waals surface area contributed by atoms with E-state index >= 15 is 0 Å². The first-order chi connectivity index (χ1) is 14.8. The molecule has 2 aromatic carbocycles. The van der Waals surface area contributed by atoms with Crippen LogP contribution in [0.3, 0.4) is 0 Å². The predicted octanol–water partition coefficient (Wildman–Crippen LogP) is 3.86. The minimum Gasteiger partial charge on any atom is -0.381 e. The van der Waals surface area contributed by atoms with Gasteiger partial charge in [0.1, 0.15) is 0 Å². The zero-order valence-electron chi connectivity index (χ0n) is 18.0. The van der Waals surface area contributed by atoms with E-state index < -0.39 is 0 Å². The first kappa shape index (κ1) is 24.9. The van der Waals surface area contributed by atoms with Gasteiger partial charge in [-0.1, -0.05) is 54.6 Å². The molecule has 31 heavy (non-hydrogen) atoms. The van der Waals surface area contributed by atoms with Crippen LogP contribution in [-0.4, -0.2) is 42.5 Å². The molecule has 0 bridgehead atoms. The molecule has 0 aliphatic rings. The Labute approximate surface area is 202 Å². The third-order valence-corrected chi connectivity index (χ3v) is 4.82. The number of hydrogen-bond donors (Lipinski definition) is 2. The second-order valence-corrected chi connectivity index (χ2v) is 7.03. The van der Waals surface area contributed by atoms with Gasteiger partial charge in [0.2, 0.25) is 0 Å². The Bertz CT molecular complexity index is 884. The molecule has 0 atom stereocenters. The largest absolute Gasteiger partial charge is 0.381 e. The normalized spacial score (nSPS) is 11.1. The summed E-state index contributed by atoms with van der Waals surface area (Å²) in [5.41, 5.74) is 3.80. The molecular weight excluding hydrogens is 501 g/mol. The highest BCUT2D eigenvalue weighted by molar-refractivity contribution is 14.0. The van der Waals surface area contributed by atoms with E-state index in [9.17, 15) is 0 Å². The molecule has 2 N–H and O–H groups in total. The van der Waals surface area contributed by atoms with E-state index in [4.69, 9.17) is 4.74 Å². The zero-order valence-corrected chi connectivity index (χ0v) is 20.4. The summed E-state index contributed by atoms with van der Waals surface area (Å²) in [5, 5.41) is 11.1. The van der Waals surface area contributed by atoms with E-state index in [0.29, 0.717) is 6.54 Å². The van der Waals surface area contributed by atoms with Crippen molar-refractivity contribution in [1.82, 2.24) is 20.4 Å². The lowest BCUT2D eigenvalue weighted by Gasteiger charge is -2.14. The molecule has 0 saturated heterocycles. The van der Waals surface area contributed by atoms with Crippen molar-refractivity contribution in [3.63, 3.8) is 0 Å². The summed E-state index contributed by atoms with van der Waals surface area (Å²) in [6.45, 7) is 3.79. The number of nitrogens with zero attached hydrogens (tertiary/aromatic N) is 3. The van der Waals surface area contributed by atoms with Crippen molar-refractivity contribution < 1.29 is 4.74 Å². The van der Waals surface area contributed by atoms with Gasteiger partial charge in [-0.05, 0) is 35.6 Å². The maximum atomic E-state index is 5.74. The SMILES string of the molecule is CN=C(NCCCOCCc1ccccc1)NCc1ccccc1Cn1cccn1.I. The van der Waals surface area contributed by atoms with Crippen molar-refractivity contribution >= 4 is 29.9 Å². The van der Waals surface area contributed by atoms with Crippen LogP contribution >= 0.6 is 24.0 Å². The van der Waals surface area contributed by atoms with Gasteiger partial charge in [-0.25, -0.2) is 0 Å². The molecule has 0 aliphatic heterocycles. The summed E-state index contributed by atoms with van der Waals surface area (Å²) in [6.07, 6.45) is 5.67. The summed E-state index contributed by atoms with van der Waals surface area (Å²) in [6, 6.07) is 20.8. The maximum Gasteiger partial charge on any atom is 0.191 e. The van der Waals surface area contributed by atoms with Crippen LogP contribution in [0.4, 0.5) is 0 Å². The van der Waals surface area contributed by atoms with E-state index in [1.165, 1.54) is 16.7 Å². The van der Waals surface area contributed by atoms with E-state index in [0.717, 1.165) is 45.1 Å². The van der Waals surface area contributed by atoms with Gasteiger partial charge in [-0.2, -0.15) is 5.10 Å². The first-order valence-corrected chi connectivity index (χ1v) is 10.5. The minimum atomic E-state index is 0. The zero-order chi connectivity index (χ0) is 20.9. The Morgan fingerprint density at radius 3 is 2.48 bits per heavy atom. The van der Waals surface area contributed by atoms with Crippen LogP contribution in [0.5, 0.6) is 0 Å². The molecule has 1 heterocycles. The molecule has 166 valence electrons. The van der Waals surface area contributed by atoms with E-state index in [-0.39, 0.29) is 24.0 Å². The average molecular weight is 533 g/mol. The van der Waals surface area contributed by atoms with Crippen LogP contribution in [0.1, 0.15) is 23.1 Å². The van der Waals surface area contributed by atoms with E-state index in [1.807, 2.05) is 23.0 Å². The highest BCUT2D eigenvalue weighted by Crippen LogP contribution is 2.10. The molecule has 0 amide bonds. The number of benzene rings is 2. The van der Waals surface area contributed by atoms with Gasteiger partial charge in [0.15, 0.2) is 5.96 Å². The van der Waals surface area contributed by atoms with Gasteiger partial charge >= 0.3 is 0 Å². The Balaban J connectivity index is 0.00000341. The fourth-order valence-electron chi connectivity index (χ4n) is 3.17. The Hall–Kier alpha value is -2.39. The molecule has 0 fully saturated rings. The van der Waals surface area contributed by atoms with Crippen LogP contribution in [0.25, 0.3) is 0 Å². The predicted molar refractivity (Wildman–Crippen MR) is 137 cm³/mol. The molecule has 6 nitrogen and oxygen atoms in total. The fraction of sp³-hybridized carbons (Fsp3) is 0.333. The lowest BCUT2D eigenvalue weighted by atomic mass is 10.1. The molecule has 0 saturated carbocycles. The topological polar surface area (TPSA) is 63.5 Å². The Morgan fingerprint density at radius 1 is 0.968 bits per heavy atom. The molecule has 3 rings (SSSR count).